The van der Waals surface area contributed by atoms with Crippen LogP contribution in [0.25, 0.3) is 0 Å². The second kappa shape index (κ2) is 4.94. The third-order valence-electron chi connectivity index (χ3n) is 1.97. The lowest BCUT2D eigenvalue weighted by molar-refractivity contribution is 0.689. The smallest absolute Gasteiger partial charge is 0.0420 e. The molecule has 1 aromatic rings. The molecule has 1 aromatic heterocycles. The molecule has 0 saturated carbocycles. The third-order valence-corrected chi connectivity index (χ3v) is 1.97. The van der Waals surface area contributed by atoms with Crippen LogP contribution in [0.3, 0.4) is 0 Å². The number of nitrogens with zero attached hydrogens (tertiary/aromatic N) is 1. The Morgan fingerprint density at radius 1 is 1.38 bits per heavy atom. The van der Waals surface area contributed by atoms with E-state index in [-0.39, 0.29) is 0 Å². The summed E-state index contributed by atoms with van der Waals surface area (Å²) in [4.78, 5) is 4.38. The van der Waals surface area contributed by atoms with Gasteiger partial charge >= 0.3 is 0 Å². The second-order valence-electron chi connectivity index (χ2n) is 3.16. The van der Waals surface area contributed by atoms with Gasteiger partial charge in [0.15, 0.2) is 0 Å². The zero-order valence-electron chi connectivity index (χ0n) is 8.30. The summed E-state index contributed by atoms with van der Waals surface area (Å²) >= 11 is 0. The summed E-state index contributed by atoms with van der Waals surface area (Å²) in [6, 6.07) is 4.15. The molecule has 0 aliphatic heterocycles. The summed E-state index contributed by atoms with van der Waals surface area (Å²) in [5.74, 6) is 0. The van der Waals surface area contributed by atoms with Gasteiger partial charge in [-0.25, -0.2) is 0 Å². The summed E-state index contributed by atoms with van der Waals surface area (Å²) < 4.78 is 0. The molecule has 0 aliphatic carbocycles. The van der Waals surface area contributed by atoms with E-state index in [4.69, 9.17) is 5.73 Å². The highest BCUT2D eigenvalue weighted by atomic mass is 14.9. The van der Waals surface area contributed by atoms with Gasteiger partial charge in [-0.1, -0.05) is 6.07 Å². The van der Waals surface area contributed by atoms with Crippen LogP contribution < -0.4 is 11.1 Å². The Balaban J connectivity index is 2.56. The molecule has 0 atom stereocenters. The van der Waals surface area contributed by atoms with Gasteiger partial charge in [0.1, 0.15) is 0 Å². The number of pyridine rings is 1. The molecule has 13 heavy (non-hydrogen) atoms. The van der Waals surface area contributed by atoms with Crippen molar-refractivity contribution in [2.75, 3.05) is 13.1 Å². The third kappa shape index (κ3) is 3.13. The highest BCUT2D eigenvalue weighted by Gasteiger charge is 1.98. The number of aromatic nitrogens is 1. The first kappa shape index (κ1) is 10.2. The van der Waals surface area contributed by atoms with Crippen molar-refractivity contribution in [3.63, 3.8) is 0 Å². The molecule has 72 valence electrons. The lowest BCUT2D eigenvalue weighted by Crippen LogP contribution is -2.22. The molecule has 3 heteroatoms. The predicted molar refractivity (Wildman–Crippen MR) is 54.5 cm³/mol. The molecule has 0 spiro atoms. The van der Waals surface area contributed by atoms with Crippen molar-refractivity contribution >= 4 is 0 Å². The van der Waals surface area contributed by atoms with Crippen LogP contribution in [0.15, 0.2) is 12.1 Å². The molecule has 0 amide bonds. The molecule has 0 aromatic carbocycles. The normalized spacial score (nSPS) is 10.4. The Morgan fingerprint density at radius 3 is 2.77 bits per heavy atom. The Hall–Kier alpha value is -0.930. The Morgan fingerprint density at radius 2 is 2.15 bits per heavy atom. The molecule has 3 N–H and O–H groups in total. The Bertz CT molecular complexity index is 271. The molecule has 0 radical (unpaired) electrons. The van der Waals surface area contributed by atoms with E-state index >= 15 is 0 Å². The summed E-state index contributed by atoms with van der Waals surface area (Å²) in [7, 11) is 0. The summed E-state index contributed by atoms with van der Waals surface area (Å²) in [5.41, 5.74) is 8.80. The van der Waals surface area contributed by atoms with Gasteiger partial charge in [-0.2, -0.15) is 0 Å². The highest BCUT2D eigenvalue weighted by Crippen LogP contribution is 2.05. The molecule has 0 fully saturated rings. The first-order valence-electron chi connectivity index (χ1n) is 4.58. The van der Waals surface area contributed by atoms with E-state index in [1.807, 2.05) is 19.9 Å². The predicted octanol–water partition coefficient (Wildman–Crippen LogP) is 0.747. The molecule has 1 rings (SSSR count). The number of nitrogens with one attached hydrogen (secondary N) is 1. The first-order valence-corrected chi connectivity index (χ1v) is 4.58. The van der Waals surface area contributed by atoms with E-state index in [1.54, 1.807) is 0 Å². The van der Waals surface area contributed by atoms with Crippen LogP contribution in [0.4, 0.5) is 0 Å². The van der Waals surface area contributed by atoms with Crippen LogP contribution in [0.1, 0.15) is 17.0 Å². The summed E-state index contributed by atoms with van der Waals surface area (Å²) in [5, 5.41) is 3.25. The van der Waals surface area contributed by atoms with Crippen LogP contribution in [0, 0.1) is 13.8 Å². The molecule has 0 saturated heterocycles. The standard InChI is InChI=1S/C10H17N3/c1-8-3-4-10(9(2)13-8)7-12-6-5-11/h3-4,12H,5-7,11H2,1-2H3. The topological polar surface area (TPSA) is 50.9 Å². The van der Waals surface area contributed by atoms with Gasteiger partial charge in [0, 0.05) is 31.0 Å². The maximum Gasteiger partial charge on any atom is 0.0420 e. The average Bonchev–Trinajstić information content (AvgIpc) is 2.09. The monoisotopic (exact) mass is 179 g/mol. The number of aryl methyl sites for hydroxylation is 2. The Kier molecular flexibility index (Phi) is 3.86. The fourth-order valence-electron chi connectivity index (χ4n) is 1.23. The maximum absolute atomic E-state index is 5.38. The highest BCUT2D eigenvalue weighted by molar-refractivity contribution is 5.21. The van der Waals surface area contributed by atoms with Crippen molar-refractivity contribution in [1.82, 2.24) is 10.3 Å². The Labute approximate surface area is 79.4 Å². The van der Waals surface area contributed by atoms with Crippen LogP contribution in [-0.2, 0) is 6.54 Å². The summed E-state index contributed by atoms with van der Waals surface area (Å²) in [6.45, 7) is 6.43. The van der Waals surface area contributed by atoms with Gasteiger partial charge in [0.2, 0.25) is 0 Å². The van der Waals surface area contributed by atoms with Gasteiger partial charge < -0.3 is 11.1 Å². The van der Waals surface area contributed by atoms with E-state index in [0.29, 0.717) is 6.54 Å². The number of nitrogens with two attached hydrogens (primary N) is 1. The number of hydrogen-bond acceptors (Lipinski definition) is 3. The van der Waals surface area contributed by atoms with Gasteiger partial charge in [0.25, 0.3) is 0 Å². The van der Waals surface area contributed by atoms with Crippen LogP contribution in [-0.4, -0.2) is 18.1 Å². The van der Waals surface area contributed by atoms with Crippen molar-refractivity contribution in [3.05, 3.63) is 29.1 Å². The minimum atomic E-state index is 0.679. The van der Waals surface area contributed by atoms with Crippen molar-refractivity contribution < 1.29 is 0 Å². The zero-order valence-corrected chi connectivity index (χ0v) is 8.30. The van der Waals surface area contributed by atoms with Gasteiger partial charge in [-0.05, 0) is 25.5 Å². The average molecular weight is 179 g/mol. The zero-order chi connectivity index (χ0) is 9.68. The fourth-order valence-corrected chi connectivity index (χ4v) is 1.23. The number of hydrogen-bond donors (Lipinski definition) is 2. The van der Waals surface area contributed by atoms with Crippen LogP contribution >= 0.6 is 0 Å². The maximum atomic E-state index is 5.38. The van der Waals surface area contributed by atoms with Crippen molar-refractivity contribution in [3.8, 4) is 0 Å². The van der Waals surface area contributed by atoms with Crippen molar-refractivity contribution in [2.24, 2.45) is 5.73 Å². The molecule has 1 heterocycles. The van der Waals surface area contributed by atoms with Gasteiger partial charge in [-0.3, -0.25) is 4.98 Å². The lowest BCUT2D eigenvalue weighted by Gasteiger charge is -2.06. The largest absolute Gasteiger partial charge is 0.329 e. The van der Waals surface area contributed by atoms with E-state index in [2.05, 4.69) is 16.4 Å². The minimum Gasteiger partial charge on any atom is -0.329 e. The molecule has 0 bridgehead atoms. The van der Waals surface area contributed by atoms with E-state index < -0.39 is 0 Å². The molecular weight excluding hydrogens is 162 g/mol. The lowest BCUT2D eigenvalue weighted by atomic mass is 10.2. The first-order chi connectivity index (χ1) is 6.24. The fraction of sp³-hybridized carbons (Fsp3) is 0.500. The second-order valence-corrected chi connectivity index (χ2v) is 3.16. The van der Waals surface area contributed by atoms with E-state index in [0.717, 1.165) is 24.5 Å². The van der Waals surface area contributed by atoms with E-state index in [1.165, 1.54) is 5.56 Å². The van der Waals surface area contributed by atoms with Crippen LogP contribution in [0.2, 0.25) is 0 Å². The SMILES string of the molecule is Cc1ccc(CNCCN)c(C)n1. The van der Waals surface area contributed by atoms with Crippen molar-refractivity contribution in [1.29, 1.82) is 0 Å². The quantitative estimate of drug-likeness (QED) is 0.670. The molecule has 0 aliphatic rings. The van der Waals surface area contributed by atoms with Crippen LogP contribution in [0.5, 0.6) is 0 Å². The summed E-state index contributed by atoms with van der Waals surface area (Å²) in [6.07, 6.45) is 0. The number of rotatable bonds is 4. The van der Waals surface area contributed by atoms with Crippen molar-refractivity contribution in [2.45, 2.75) is 20.4 Å². The molecule has 0 unspecified atom stereocenters. The van der Waals surface area contributed by atoms with Gasteiger partial charge in [0.05, 0.1) is 0 Å². The molecule has 3 nitrogen and oxygen atoms in total. The van der Waals surface area contributed by atoms with Gasteiger partial charge in [-0.15, -0.1) is 0 Å². The molecular formula is C10H17N3. The minimum absolute atomic E-state index is 0.679. The van der Waals surface area contributed by atoms with E-state index in [9.17, 15) is 0 Å².